The van der Waals surface area contributed by atoms with Crippen LogP contribution in [0.15, 0.2) is 72.8 Å². The van der Waals surface area contributed by atoms with E-state index in [0.717, 1.165) is 58.0 Å². The van der Waals surface area contributed by atoms with Gasteiger partial charge in [-0.25, -0.2) is 4.79 Å². The van der Waals surface area contributed by atoms with Crippen LogP contribution in [0.2, 0.25) is 0 Å². The molecule has 4 heterocycles. The average molecular weight is 589 g/mol. The van der Waals surface area contributed by atoms with Gasteiger partial charge in [0.25, 0.3) is 0 Å². The number of hydrogen-bond donors (Lipinski definition) is 1. The molecule has 0 saturated carbocycles. The minimum Gasteiger partial charge on any atom is -0.542 e. The molecule has 3 saturated heterocycles. The number of fused-ring (bicyclic) bond motifs is 3. The fourth-order valence-corrected chi connectivity index (χ4v) is 6.18. The molecule has 7 nitrogen and oxygen atoms in total. The van der Waals surface area contributed by atoms with Gasteiger partial charge >= 0.3 is 12.1 Å². The van der Waals surface area contributed by atoms with Gasteiger partial charge < -0.3 is 24.4 Å². The van der Waals surface area contributed by atoms with E-state index in [9.17, 15) is 22.8 Å². The predicted molar refractivity (Wildman–Crippen MR) is 146 cm³/mol. The van der Waals surface area contributed by atoms with E-state index in [-0.39, 0.29) is 17.9 Å². The van der Waals surface area contributed by atoms with Gasteiger partial charge in [0.15, 0.2) is 12.1 Å². The van der Waals surface area contributed by atoms with Gasteiger partial charge in [-0.2, -0.15) is 13.2 Å². The summed E-state index contributed by atoms with van der Waals surface area (Å²) >= 11 is 1.57. The van der Waals surface area contributed by atoms with Crippen LogP contribution in [0.4, 0.5) is 18.9 Å². The van der Waals surface area contributed by atoms with Crippen molar-refractivity contribution in [3.63, 3.8) is 0 Å². The van der Waals surface area contributed by atoms with Gasteiger partial charge in [0.2, 0.25) is 5.78 Å². The van der Waals surface area contributed by atoms with Gasteiger partial charge in [-0.3, -0.25) is 4.79 Å². The first kappa shape index (κ1) is 30.3. The Morgan fingerprint density at radius 3 is 2.12 bits per heavy atom. The van der Waals surface area contributed by atoms with Crippen LogP contribution < -0.4 is 10.4 Å². The number of nitrogens with one attached hydrogen (secondary N) is 1. The first-order chi connectivity index (χ1) is 19.5. The third kappa shape index (κ3) is 7.95. The minimum atomic E-state index is -5.19. The van der Waals surface area contributed by atoms with Crippen molar-refractivity contribution in [3.8, 4) is 0 Å². The molecule has 218 valence electrons. The second kappa shape index (κ2) is 12.9. The van der Waals surface area contributed by atoms with Gasteiger partial charge in [-0.05, 0) is 36.8 Å². The molecule has 0 amide bonds. The van der Waals surface area contributed by atoms with E-state index >= 15 is 0 Å². The number of ether oxygens (including phenoxy) is 1. The number of rotatable bonds is 8. The van der Waals surface area contributed by atoms with Crippen LogP contribution in [0.1, 0.15) is 39.0 Å². The number of aliphatic carboxylic acids is 1. The lowest BCUT2D eigenvalue weighted by Crippen LogP contribution is -2.65. The number of anilines is 1. The molecule has 1 unspecified atom stereocenters. The number of piperidine rings is 3. The fourth-order valence-electron chi connectivity index (χ4n) is 5.39. The van der Waals surface area contributed by atoms with E-state index in [1.165, 1.54) is 0 Å². The van der Waals surface area contributed by atoms with E-state index in [4.69, 9.17) is 14.6 Å². The summed E-state index contributed by atoms with van der Waals surface area (Å²) in [5.41, 5.74) is 1.76. The van der Waals surface area contributed by atoms with E-state index in [2.05, 4.69) is 5.32 Å². The van der Waals surface area contributed by atoms with Crippen molar-refractivity contribution in [2.24, 2.45) is 5.92 Å². The molecule has 0 radical (unpaired) electrons. The van der Waals surface area contributed by atoms with Crippen LogP contribution in [0, 0.1) is 12.8 Å². The van der Waals surface area contributed by atoms with Crippen molar-refractivity contribution >= 4 is 34.7 Å². The lowest BCUT2D eigenvalue weighted by atomic mass is 9.83. The molecule has 11 heteroatoms. The third-order valence-corrected chi connectivity index (χ3v) is 8.53. The maximum absolute atomic E-state index is 13.5. The lowest BCUT2D eigenvalue weighted by molar-refractivity contribution is -0.938. The molecule has 1 aromatic heterocycles. The Balaban J connectivity index is 0.000000493. The van der Waals surface area contributed by atoms with Crippen LogP contribution in [0.5, 0.6) is 0 Å². The monoisotopic (exact) mass is 588 g/mol. The molecule has 1 N–H and O–H groups in total. The molecule has 3 aliphatic heterocycles. The summed E-state index contributed by atoms with van der Waals surface area (Å²) in [7, 11) is 0. The second-order valence-corrected chi connectivity index (χ2v) is 11.7. The van der Waals surface area contributed by atoms with Crippen LogP contribution in [0.3, 0.4) is 0 Å². The summed E-state index contributed by atoms with van der Waals surface area (Å²) in [6.07, 6.45) is -3.36. The van der Waals surface area contributed by atoms with Crippen molar-refractivity contribution in [1.82, 2.24) is 0 Å². The number of halogens is 3. The van der Waals surface area contributed by atoms with Gasteiger partial charge in [-0.15, -0.1) is 11.3 Å². The van der Waals surface area contributed by atoms with Crippen LogP contribution >= 0.6 is 11.3 Å². The predicted octanol–water partition coefficient (Wildman–Crippen LogP) is 4.54. The number of carboxylic acid groups (broad SMARTS) is 1. The maximum Gasteiger partial charge on any atom is 0.430 e. The number of para-hydroxylation sites is 1. The molecule has 3 aromatic rings. The normalized spacial score (nSPS) is 22.1. The number of thiophene rings is 1. The van der Waals surface area contributed by atoms with Crippen molar-refractivity contribution < 1.29 is 41.9 Å². The Bertz CT molecular complexity index is 1340. The van der Waals surface area contributed by atoms with Crippen LogP contribution in [0.25, 0.3) is 0 Å². The van der Waals surface area contributed by atoms with E-state index < -0.39 is 18.2 Å². The number of esters is 1. The quantitative estimate of drug-likeness (QED) is 0.236. The van der Waals surface area contributed by atoms with E-state index in [1.54, 1.807) is 11.3 Å². The Hall–Kier alpha value is -3.70. The third-order valence-electron chi connectivity index (χ3n) is 7.49. The molecule has 3 aliphatic rings. The Morgan fingerprint density at radius 2 is 1.59 bits per heavy atom. The largest absolute Gasteiger partial charge is 0.542 e. The van der Waals surface area contributed by atoms with Crippen LogP contribution in [-0.4, -0.2) is 60.7 Å². The molecule has 6 rings (SSSR count). The summed E-state index contributed by atoms with van der Waals surface area (Å²) < 4.78 is 38.5. The number of alkyl halides is 3. The molecule has 3 fully saturated rings. The highest BCUT2D eigenvalue weighted by Crippen LogP contribution is 2.37. The number of carbonyl (C=O) groups excluding carboxylic acids is 3. The molecule has 2 atom stereocenters. The zero-order valence-electron chi connectivity index (χ0n) is 22.4. The van der Waals surface area contributed by atoms with Crippen LogP contribution in [-0.2, 0) is 14.3 Å². The second-order valence-electron chi connectivity index (χ2n) is 10.4. The Kier molecular flexibility index (Phi) is 9.49. The summed E-state index contributed by atoms with van der Waals surface area (Å²) in [6, 6.07) is 22.9. The highest BCUT2D eigenvalue weighted by Gasteiger charge is 2.49. The number of carboxylic acids is 1. The molecule has 0 aliphatic carbocycles. The zero-order chi connectivity index (χ0) is 29.6. The van der Waals surface area contributed by atoms with Crippen molar-refractivity contribution in [1.29, 1.82) is 0 Å². The highest BCUT2D eigenvalue weighted by atomic mass is 32.1. The number of nitrogens with zero attached hydrogens (tertiary/aromatic N) is 1. The Labute approximate surface area is 240 Å². The zero-order valence-corrected chi connectivity index (χ0v) is 23.2. The fraction of sp³-hybridized carbons (Fsp3) is 0.367. The van der Waals surface area contributed by atoms with Crippen molar-refractivity contribution in [2.45, 2.75) is 38.1 Å². The summed E-state index contributed by atoms with van der Waals surface area (Å²) in [4.78, 5) is 37.3. The number of aryl methyl sites for hydroxylation is 1. The SMILES string of the molecule is Cc1ccc(C(=O)C[N+]23CCC(CC2)[C@@H](OC(=O)C(Nc2ccccc2)c2ccccc2)C3)s1.O=C([O-])C(F)(F)F. The standard InChI is InChI=1S/C28H31N2O3S.C2HF3O2/c1-20-12-13-26(34-20)24(31)18-30-16-14-21(15-17-30)25(19-30)33-28(32)27(22-8-4-2-5-9-22)29-23-10-6-3-7-11-23;3-2(4,5)1(6)7/h2-13,21,25,27,29H,14-19H2,1H3;(H,6,7)/q+1;/p-1/t21?,25-,27?,30?;/m0./s1. The molecular formula is C30H31F3N2O5S. The van der Waals surface area contributed by atoms with Gasteiger partial charge in [0.1, 0.15) is 19.1 Å². The number of carbonyl (C=O) groups is 3. The smallest absolute Gasteiger partial charge is 0.430 e. The number of benzene rings is 2. The molecule has 41 heavy (non-hydrogen) atoms. The summed E-state index contributed by atoms with van der Waals surface area (Å²) in [5.74, 6) is -2.69. The van der Waals surface area contributed by atoms with Gasteiger partial charge in [0.05, 0.1) is 18.0 Å². The van der Waals surface area contributed by atoms with E-state index in [0.29, 0.717) is 12.5 Å². The van der Waals surface area contributed by atoms with Crippen molar-refractivity contribution in [3.05, 3.63) is 88.1 Å². The number of hydrogen-bond acceptors (Lipinski definition) is 7. The van der Waals surface area contributed by atoms with Crippen molar-refractivity contribution in [2.75, 3.05) is 31.5 Å². The minimum absolute atomic E-state index is 0.156. The summed E-state index contributed by atoms with van der Waals surface area (Å²) in [6.45, 7) is 5.21. The number of Topliss-reactive ketones (excluding diaryl/α,β-unsaturated/α-hetero) is 1. The maximum atomic E-state index is 13.5. The van der Waals surface area contributed by atoms with Gasteiger partial charge in [-0.1, -0.05) is 48.5 Å². The average Bonchev–Trinajstić information content (AvgIpc) is 3.39. The molecular weight excluding hydrogens is 557 g/mol. The first-order valence-corrected chi connectivity index (χ1v) is 14.1. The topological polar surface area (TPSA) is 95.5 Å². The van der Waals surface area contributed by atoms with Gasteiger partial charge in [0, 0.05) is 29.3 Å². The first-order valence-electron chi connectivity index (χ1n) is 13.3. The number of quaternary nitrogens is 1. The highest BCUT2D eigenvalue weighted by molar-refractivity contribution is 7.14. The molecule has 2 aromatic carbocycles. The number of ketones is 1. The Morgan fingerprint density at radius 1 is 1.00 bits per heavy atom. The van der Waals surface area contributed by atoms with E-state index in [1.807, 2.05) is 79.7 Å². The lowest BCUT2D eigenvalue weighted by Gasteiger charge is -2.51. The summed E-state index contributed by atoms with van der Waals surface area (Å²) in [5, 5.41) is 12.1. The molecule has 0 spiro atoms. The molecule has 2 bridgehead atoms.